The summed E-state index contributed by atoms with van der Waals surface area (Å²) < 4.78 is 24.6. The maximum Gasteiger partial charge on any atom is 0.308 e. The topological polar surface area (TPSA) is 104 Å². The summed E-state index contributed by atoms with van der Waals surface area (Å²) in [5.41, 5.74) is 0. The van der Waals surface area contributed by atoms with Crippen molar-refractivity contribution in [3.05, 3.63) is 0 Å². The van der Waals surface area contributed by atoms with Crippen LogP contribution in [0.2, 0.25) is 0 Å². The van der Waals surface area contributed by atoms with E-state index < -0.39 is 33.9 Å². The number of aliphatic carboxylic acids is 1. The molecule has 1 amide bonds. The number of carboxylic acid groups (broad SMARTS) is 1. The minimum Gasteiger partial charge on any atom is -0.481 e. The van der Waals surface area contributed by atoms with Crippen LogP contribution in [-0.4, -0.2) is 55.1 Å². The summed E-state index contributed by atoms with van der Waals surface area (Å²) in [5.74, 6) is -2.16. The normalized spacial score (nSPS) is 22.0. The quantitative estimate of drug-likeness (QED) is 0.731. The molecule has 8 heteroatoms. The van der Waals surface area contributed by atoms with Gasteiger partial charge >= 0.3 is 5.97 Å². The van der Waals surface area contributed by atoms with E-state index in [-0.39, 0.29) is 12.5 Å². The number of hydrogen-bond acceptors (Lipinski definition) is 4. The number of piperidine rings is 1. The zero-order valence-corrected chi connectivity index (χ0v) is 13.5. The zero-order chi connectivity index (χ0) is 16.2. The molecule has 2 unspecified atom stereocenters. The monoisotopic (exact) mass is 320 g/mol. The Bertz CT molecular complexity index is 489. The lowest BCUT2D eigenvalue weighted by atomic mass is 9.95. The highest BCUT2D eigenvalue weighted by Gasteiger charge is 2.35. The first-order valence-corrected chi connectivity index (χ1v) is 8.96. The largest absolute Gasteiger partial charge is 0.481 e. The lowest BCUT2D eigenvalue weighted by Gasteiger charge is -2.32. The maximum absolute atomic E-state index is 12.2. The smallest absolute Gasteiger partial charge is 0.308 e. The van der Waals surface area contributed by atoms with E-state index >= 15 is 0 Å². The molecule has 1 fully saturated rings. The molecule has 21 heavy (non-hydrogen) atoms. The van der Waals surface area contributed by atoms with Crippen LogP contribution in [-0.2, 0) is 19.6 Å². The number of hydrogen-bond donors (Lipinski definition) is 2. The first-order valence-electron chi connectivity index (χ1n) is 7.12. The molecule has 0 aromatic carbocycles. The molecular weight excluding hydrogens is 296 g/mol. The molecule has 0 spiro atoms. The number of sulfonamides is 1. The Labute approximate surface area is 125 Å². The van der Waals surface area contributed by atoms with Gasteiger partial charge in [-0.3, -0.25) is 9.59 Å². The highest BCUT2D eigenvalue weighted by Crippen LogP contribution is 2.20. The molecule has 2 N–H and O–H groups in total. The Morgan fingerprint density at radius 1 is 1.33 bits per heavy atom. The second kappa shape index (κ2) is 7.22. The van der Waals surface area contributed by atoms with Gasteiger partial charge < -0.3 is 10.4 Å². The molecule has 122 valence electrons. The molecule has 0 aromatic heterocycles. The van der Waals surface area contributed by atoms with Crippen LogP contribution in [0, 0.1) is 11.8 Å². The highest BCUT2D eigenvalue weighted by atomic mass is 32.2. The molecule has 0 aliphatic carbocycles. The van der Waals surface area contributed by atoms with Gasteiger partial charge in [-0.2, -0.15) is 4.31 Å². The molecule has 1 rings (SSSR count). The number of amides is 1. The summed E-state index contributed by atoms with van der Waals surface area (Å²) >= 11 is 0. The molecule has 1 saturated heterocycles. The van der Waals surface area contributed by atoms with Crippen molar-refractivity contribution < 1.29 is 23.1 Å². The Morgan fingerprint density at radius 3 is 2.43 bits per heavy atom. The summed E-state index contributed by atoms with van der Waals surface area (Å²) in [5, 5.41) is 11.7. The van der Waals surface area contributed by atoms with Gasteiger partial charge in [0.2, 0.25) is 15.9 Å². The summed E-state index contributed by atoms with van der Waals surface area (Å²) in [4.78, 5) is 23.3. The van der Waals surface area contributed by atoms with Gasteiger partial charge in [0.05, 0.1) is 12.2 Å². The predicted molar refractivity (Wildman–Crippen MR) is 78.2 cm³/mol. The summed E-state index contributed by atoms with van der Waals surface area (Å²) in [6.45, 7) is 3.89. The van der Waals surface area contributed by atoms with Crippen LogP contribution >= 0.6 is 0 Å². The van der Waals surface area contributed by atoms with Crippen molar-refractivity contribution >= 4 is 21.9 Å². The molecule has 0 bridgehead atoms. The molecule has 1 aliphatic rings. The van der Waals surface area contributed by atoms with E-state index in [9.17, 15) is 18.0 Å². The van der Waals surface area contributed by atoms with Gasteiger partial charge in [-0.25, -0.2) is 8.42 Å². The van der Waals surface area contributed by atoms with Gasteiger partial charge in [0, 0.05) is 13.1 Å². The van der Waals surface area contributed by atoms with Crippen molar-refractivity contribution in [3.63, 3.8) is 0 Å². The van der Waals surface area contributed by atoms with Crippen LogP contribution in [0.1, 0.15) is 33.1 Å². The van der Waals surface area contributed by atoms with E-state index in [1.807, 2.05) is 0 Å². The molecule has 1 heterocycles. The van der Waals surface area contributed by atoms with Crippen LogP contribution in [0.5, 0.6) is 0 Å². The fraction of sp³-hybridized carbons (Fsp3) is 0.846. The Hall–Kier alpha value is -1.15. The van der Waals surface area contributed by atoms with E-state index in [4.69, 9.17) is 5.11 Å². The van der Waals surface area contributed by atoms with Gasteiger partial charge in [-0.15, -0.1) is 0 Å². The van der Waals surface area contributed by atoms with E-state index in [0.717, 1.165) is 19.1 Å². The van der Waals surface area contributed by atoms with Gasteiger partial charge in [0.1, 0.15) is 6.04 Å². The minimum absolute atomic E-state index is 0.0138. The average molecular weight is 320 g/mol. The van der Waals surface area contributed by atoms with Crippen molar-refractivity contribution in [1.29, 1.82) is 0 Å². The van der Waals surface area contributed by atoms with Gasteiger partial charge in [-0.1, -0.05) is 20.3 Å². The number of nitrogens with zero attached hydrogens (tertiary/aromatic N) is 1. The third-order valence-corrected chi connectivity index (χ3v) is 5.09. The van der Waals surface area contributed by atoms with Crippen molar-refractivity contribution in [3.8, 4) is 0 Å². The number of nitrogens with one attached hydrogen (secondary N) is 1. The fourth-order valence-corrected chi connectivity index (χ4v) is 3.62. The van der Waals surface area contributed by atoms with Crippen molar-refractivity contribution in [2.24, 2.45) is 11.8 Å². The third kappa shape index (κ3) is 4.96. The van der Waals surface area contributed by atoms with Crippen LogP contribution in [0.3, 0.4) is 0 Å². The Balaban J connectivity index is 2.71. The molecule has 7 nitrogen and oxygen atoms in total. The summed E-state index contributed by atoms with van der Waals surface area (Å²) in [7, 11) is -3.44. The Kier molecular flexibility index (Phi) is 6.15. The SMILES string of the molecule is CC(C)C(CNC(=O)C1CCCCN1S(C)(=O)=O)C(=O)O. The number of rotatable bonds is 6. The summed E-state index contributed by atoms with van der Waals surface area (Å²) in [6.07, 6.45) is 3.09. The standard InChI is InChI=1S/C13H24N2O5S/c1-9(2)10(13(17)18)8-14-12(16)11-6-4-5-7-15(11)21(3,19)20/h9-11H,4-8H2,1-3H3,(H,14,16)(H,17,18). The van der Waals surface area contributed by atoms with E-state index in [2.05, 4.69) is 5.32 Å². The molecule has 0 radical (unpaired) electrons. The first kappa shape index (κ1) is 17.9. The minimum atomic E-state index is -3.44. The molecule has 1 aliphatic heterocycles. The lowest BCUT2D eigenvalue weighted by molar-refractivity contribution is -0.143. The molecule has 0 saturated carbocycles. The summed E-state index contributed by atoms with van der Waals surface area (Å²) in [6, 6.07) is -0.727. The third-order valence-electron chi connectivity index (χ3n) is 3.80. The Morgan fingerprint density at radius 2 is 1.95 bits per heavy atom. The maximum atomic E-state index is 12.2. The lowest BCUT2D eigenvalue weighted by Crippen LogP contribution is -2.52. The van der Waals surface area contributed by atoms with Gasteiger partial charge in [0.15, 0.2) is 0 Å². The highest BCUT2D eigenvalue weighted by molar-refractivity contribution is 7.88. The molecule has 0 aromatic rings. The molecular formula is C13H24N2O5S. The van der Waals surface area contributed by atoms with E-state index in [0.29, 0.717) is 13.0 Å². The fourth-order valence-electron chi connectivity index (χ4n) is 2.50. The van der Waals surface area contributed by atoms with Gasteiger partial charge in [0.25, 0.3) is 0 Å². The second-order valence-electron chi connectivity index (χ2n) is 5.82. The second-order valence-corrected chi connectivity index (χ2v) is 7.75. The van der Waals surface area contributed by atoms with Crippen LogP contribution in [0.15, 0.2) is 0 Å². The predicted octanol–water partition coefficient (Wildman–Crippen LogP) is 0.274. The number of carbonyl (C=O) groups is 2. The van der Waals surface area contributed by atoms with Crippen molar-refractivity contribution in [2.45, 2.75) is 39.2 Å². The van der Waals surface area contributed by atoms with Crippen molar-refractivity contribution in [2.75, 3.05) is 19.3 Å². The van der Waals surface area contributed by atoms with E-state index in [1.54, 1.807) is 13.8 Å². The number of carboxylic acids is 1. The van der Waals surface area contributed by atoms with E-state index in [1.165, 1.54) is 4.31 Å². The van der Waals surface area contributed by atoms with Gasteiger partial charge in [-0.05, 0) is 18.8 Å². The average Bonchev–Trinajstić information content (AvgIpc) is 2.36. The van der Waals surface area contributed by atoms with Crippen LogP contribution < -0.4 is 5.32 Å². The molecule has 2 atom stereocenters. The van der Waals surface area contributed by atoms with Crippen LogP contribution in [0.4, 0.5) is 0 Å². The number of carbonyl (C=O) groups excluding carboxylic acids is 1. The van der Waals surface area contributed by atoms with Crippen molar-refractivity contribution in [1.82, 2.24) is 9.62 Å². The first-order chi connectivity index (χ1) is 9.64. The zero-order valence-electron chi connectivity index (χ0n) is 12.7. The van der Waals surface area contributed by atoms with Crippen LogP contribution in [0.25, 0.3) is 0 Å².